The molecule has 0 aliphatic carbocycles. The van der Waals surface area contributed by atoms with E-state index in [0.29, 0.717) is 5.69 Å². The topological polar surface area (TPSA) is 78.9 Å². The van der Waals surface area contributed by atoms with Gasteiger partial charge in [0.15, 0.2) is 0 Å². The summed E-state index contributed by atoms with van der Waals surface area (Å²) >= 11 is 0. The summed E-state index contributed by atoms with van der Waals surface area (Å²) in [7, 11) is 1.28. The Morgan fingerprint density at radius 3 is 2.58 bits per heavy atom. The third-order valence-corrected chi connectivity index (χ3v) is 4.19. The second kappa shape index (κ2) is 7.84. The summed E-state index contributed by atoms with van der Waals surface area (Å²) in [5.41, 5.74) is 3.19. The quantitative estimate of drug-likeness (QED) is 0.778. The number of carbonyl (C=O) groups is 2. The summed E-state index contributed by atoms with van der Waals surface area (Å²) in [5, 5.41) is 12.2. The third-order valence-electron chi connectivity index (χ3n) is 4.19. The number of β-amino-alcohol motifs (C(OH)–C–C–N with tert-alkyl or cyclic N) is 1. The van der Waals surface area contributed by atoms with Crippen LogP contribution in [-0.2, 0) is 14.3 Å². The van der Waals surface area contributed by atoms with E-state index in [0.717, 1.165) is 11.1 Å². The van der Waals surface area contributed by atoms with Crippen molar-refractivity contribution in [1.29, 1.82) is 0 Å². The zero-order valence-electron chi connectivity index (χ0n) is 14.4. The van der Waals surface area contributed by atoms with E-state index in [1.807, 2.05) is 54.6 Å². The van der Waals surface area contributed by atoms with E-state index >= 15 is 0 Å². The second-order valence-corrected chi connectivity index (χ2v) is 5.87. The predicted octanol–water partition coefficient (Wildman–Crippen LogP) is 2.03. The first-order valence-corrected chi connectivity index (χ1v) is 8.28. The molecule has 0 radical (unpaired) electrons. The van der Waals surface area contributed by atoms with Gasteiger partial charge in [0.2, 0.25) is 0 Å². The van der Waals surface area contributed by atoms with Crippen molar-refractivity contribution in [3.63, 3.8) is 0 Å². The zero-order chi connectivity index (χ0) is 18.5. The van der Waals surface area contributed by atoms with Crippen LogP contribution in [0.3, 0.4) is 0 Å². The molecule has 1 amide bonds. The Morgan fingerprint density at radius 1 is 1.15 bits per heavy atom. The monoisotopic (exact) mass is 352 g/mol. The maximum absolute atomic E-state index is 12.6. The fourth-order valence-electron chi connectivity index (χ4n) is 2.90. The van der Waals surface area contributed by atoms with Crippen molar-refractivity contribution in [2.24, 2.45) is 0 Å². The lowest BCUT2D eigenvalue weighted by Gasteiger charge is -2.15. The van der Waals surface area contributed by atoms with Crippen LogP contribution in [0, 0.1) is 0 Å². The van der Waals surface area contributed by atoms with Crippen molar-refractivity contribution in [2.45, 2.75) is 0 Å². The fraction of sp³-hybridized carbons (Fsp3) is 0.200. The van der Waals surface area contributed by atoms with Crippen LogP contribution in [0.1, 0.15) is 0 Å². The molecule has 0 saturated carbocycles. The van der Waals surface area contributed by atoms with E-state index in [2.05, 4.69) is 5.32 Å². The van der Waals surface area contributed by atoms with Crippen molar-refractivity contribution in [3.8, 4) is 11.1 Å². The molecule has 2 aromatic rings. The van der Waals surface area contributed by atoms with E-state index in [1.54, 1.807) is 0 Å². The molecular weight excluding hydrogens is 332 g/mol. The number of hydrogen-bond donors (Lipinski definition) is 2. The molecule has 1 heterocycles. The highest BCUT2D eigenvalue weighted by molar-refractivity contribution is 6.08. The number of esters is 1. The summed E-state index contributed by atoms with van der Waals surface area (Å²) in [5.74, 6) is -0.884. The fourth-order valence-corrected chi connectivity index (χ4v) is 2.90. The van der Waals surface area contributed by atoms with Crippen molar-refractivity contribution < 1.29 is 19.4 Å². The van der Waals surface area contributed by atoms with Crippen molar-refractivity contribution in [2.75, 3.05) is 32.1 Å². The Balaban J connectivity index is 1.90. The number of aliphatic hydroxyl groups is 1. The van der Waals surface area contributed by atoms with Gasteiger partial charge < -0.3 is 20.1 Å². The van der Waals surface area contributed by atoms with Gasteiger partial charge in [-0.05, 0) is 23.3 Å². The summed E-state index contributed by atoms with van der Waals surface area (Å²) < 4.78 is 4.79. The van der Waals surface area contributed by atoms with E-state index in [-0.39, 0.29) is 36.9 Å². The first-order chi connectivity index (χ1) is 12.6. The van der Waals surface area contributed by atoms with E-state index < -0.39 is 5.97 Å². The summed E-state index contributed by atoms with van der Waals surface area (Å²) in [4.78, 5) is 26.0. The molecule has 6 nitrogen and oxygen atoms in total. The molecule has 6 heteroatoms. The zero-order valence-corrected chi connectivity index (χ0v) is 14.4. The number of methoxy groups -OCH3 is 1. The maximum Gasteiger partial charge on any atom is 0.337 e. The highest BCUT2D eigenvalue weighted by Gasteiger charge is 2.34. The number of amides is 1. The average molecular weight is 352 g/mol. The number of aliphatic hydroxyl groups excluding tert-OH is 1. The van der Waals surface area contributed by atoms with Gasteiger partial charge in [-0.1, -0.05) is 42.5 Å². The lowest BCUT2D eigenvalue weighted by molar-refractivity contribution is -0.136. The van der Waals surface area contributed by atoms with Crippen molar-refractivity contribution in [3.05, 3.63) is 65.9 Å². The van der Waals surface area contributed by atoms with Crippen LogP contribution in [0.15, 0.2) is 65.9 Å². The van der Waals surface area contributed by atoms with Gasteiger partial charge in [-0.2, -0.15) is 0 Å². The highest BCUT2D eigenvalue weighted by atomic mass is 16.5. The molecule has 0 spiro atoms. The Bertz CT molecular complexity index is 846. The number of nitrogens with zero attached hydrogens (tertiary/aromatic N) is 1. The van der Waals surface area contributed by atoms with E-state index in [9.17, 15) is 9.59 Å². The smallest absolute Gasteiger partial charge is 0.337 e. The molecule has 0 saturated heterocycles. The van der Waals surface area contributed by atoms with Gasteiger partial charge in [0.25, 0.3) is 5.91 Å². The Labute approximate surface area is 151 Å². The van der Waals surface area contributed by atoms with E-state index in [1.165, 1.54) is 12.0 Å². The average Bonchev–Trinajstić information content (AvgIpc) is 2.98. The molecular formula is C20H20N2O4. The maximum atomic E-state index is 12.6. The normalized spacial score (nSPS) is 13.9. The van der Waals surface area contributed by atoms with Gasteiger partial charge >= 0.3 is 5.97 Å². The molecule has 26 heavy (non-hydrogen) atoms. The van der Waals surface area contributed by atoms with Gasteiger partial charge in [-0.15, -0.1) is 0 Å². The van der Waals surface area contributed by atoms with Gasteiger partial charge in [-0.3, -0.25) is 4.79 Å². The predicted molar refractivity (Wildman–Crippen MR) is 98.2 cm³/mol. The lowest BCUT2D eigenvalue weighted by Crippen LogP contribution is -2.31. The Hall–Kier alpha value is -3.12. The lowest BCUT2D eigenvalue weighted by atomic mass is 10.1. The van der Waals surface area contributed by atoms with Crippen LogP contribution in [-0.4, -0.2) is 48.7 Å². The Kier molecular flexibility index (Phi) is 5.34. The van der Waals surface area contributed by atoms with Gasteiger partial charge in [-0.25, -0.2) is 4.79 Å². The first-order valence-electron chi connectivity index (χ1n) is 8.28. The number of anilines is 1. The van der Waals surface area contributed by atoms with Crippen LogP contribution in [0.4, 0.5) is 5.69 Å². The molecule has 2 N–H and O–H groups in total. The third kappa shape index (κ3) is 3.60. The van der Waals surface area contributed by atoms with Crippen LogP contribution >= 0.6 is 0 Å². The minimum absolute atomic E-state index is 0.118. The molecule has 0 bridgehead atoms. The van der Waals surface area contributed by atoms with E-state index in [4.69, 9.17) is 9.84 Å². The van der Waals surface area contributed by atoms with Crippen LogP contribution in [0.5, 0.6) is 0 Å². The molecule has 0 fully saturated rings. The van der Waals surface area contributed by atoms with Gasteiger partial charge in [0.05, 0.1) is 25.8 Å². The van der Waals surface area contributed by atoms with Crippen molar-refractivity contribution >= 4 is 17.6 Å². The minimum atomic E-state index is -0.555. The molecule has 0 atom stereocenters. The SMILES string of the molecule is COC(=O)C1=C(Nc2cccc(-c3ccccc3)c2)C(=O)N(CCO)C1. The van der Waals surface area contributed by atoms with Crippen LogP contribution in [0.25, 0.3) is 11.1 Å². The second-order valence-electron chi connectivity index (χ2n) is 5.87. The highest BCUT2D eigenvalue weighted by Crippen LogP contribution is 2.26. The van der Waals surface area contributed by atoms with Crippen molar-refractivity contribution in [1.82, 2.24) is 4.90 Å². The largest absolute Gasteiger partial charge is 0.466 e. The Morgan fingerprint density at radius 2 is 1.88 bits per heavy atom. The summed E-state index contributed by atoms with van der Waals surface area (Å²) in [6.07, 6.45) is 0. The number of ether oxygens (including phenoxy) is 1. The molecule has 1 aliphatic rings. The molecule has 0 unspecified atom stereocenters. The summed E-state index contributed by atoms with van der Waals surface area (Å²) in [6.45, 7) is 0.109. The first kappa shape index (κ1) is 17.7. The minimum Gasteiger partial charge on any atom is -0.466 e. The molecule has 1 aliphatic heterocycles. The number of benzene rings is 2. The number of carbonyl (C=O) groups excluding carboxylic acids is 2. The molecule has 2 aromatic carbocycles. The summed E-state index contributed by atoms with van der Waals surface area (Å²) in [6, 6.07) is 17.5. The number of hydrogen-bond acceptors (Lipinski definition) is 5. The number of nitrogens with one attached hydrogen (secondary N) is 1. The van der Waals surface area contributed by atoms with Gasteiger partial charge in [0.1, 0.15) is 5.70 Å². The van der Waals surface area contributed by atoms with Crippen LogP contribution in [0.2, 0.25) is 0 Å². The molecule has 3 rings (SSSR count). The molecule has 0 aromatic heterocycles. The molecule has 134 valence electrons. The van der Waals surface area contributed by atoms with Crippen LogP contribution < -0.4 is 5.32 Å². The number of rotatable bonds is 6. The standard InChI is InChI=1S/C20H20N2O4/c1-26-20(25)17-13-22(10-11-23)19(24)18(17)21-16-9-5-8-15(12-16)14-6-3-2-4-7-14/h2-9,12,21,23H,10-11,13H2,1H3. The van der Waals surface area contributed by atoms with Gasteiger partial charge in [0, 0.05) is 12.2 Å².